The monoisotopic (exact) mass is 286 g/mol. The van der Waals surface area contributed by atoms with Crippen LogP contribution in [0.3, 0.4) is 0 Å². The van der Waals surface area contributed by atoms with Crippen LogP contribution in [-0.2, 0) is 4.79 Å². The maximum atomic E-state index is 12.8. The first kappa shape index (κ1) is 17.2. The van der Waals surface area contributed by atoms with Crippen molar-refractivity contribution in [2.24, 2.45) is 5.41 Å². The quantitative estimate of drug-likeness (QED) is 0.683. The highest BCUT2D eigenvalue weighted by Gasteiger charge is 2.26. The second-order valence-corrected chi connectivity index (χ2v) is 6.60. The summed E-state index contributed by atoms with van der Waals surface area (Å²) in [6, 6.07) is 7.54. The van der Waals surface area contributed by atoms with Gasteiger partial charge in [-0.3, -0.25) is 4.79 Å². The molecule has 0 bridgehead atoms. The van der Waals surface area contributed by atoms with E-state index in [0.29, 0.717) is 12.1 Å². The Morgan fingerprint density at radius 2 is 1.90 bits per heavy atom. The van der Waals surface area contributed by atoms with Crippen LogP contribution in [0.15, 0.2) is 24.3 Å². The molecule has 0 saturated carbocycles. The van der Waals surface area contributed by atoms with E-state index in [4.69, 9.17) is 6.57 Å². The van der Waals surface area contributed by atoms with Crippen molar-refractivity contribution in [3.63, 3.8) is 0 Å². The minimum absolute atomic E-state index is 0.0429. The normalized spacial score (nSPS) is 11.3. The Labute approximate surface area is 128 Å². The number of amides is 1. The first-order valence-electron chi connectivity index (χ1n) is 7.62. The molecule has 0 aliphatic rings. The Balaban J connectivity index is 3.19. The van der Waals surface area contributed by atoms with E-state index in [1.807, 2.05) is 23.1 Å². The van der Waals surface area contributed by atoms with Gasteiger partial charge in [0.05, 0.1) is 6.57 Å². The lowest BCUT2D eigenvalue weighted by Crippen LogP contribution is -2.41. The van der Waals surface area contributed by atoms with E-state index in [0.717, 1.165) is 18.5 Å². The highest BCUT2D eigenvalue weighted by Crippen LogP contribution is 2.29. The molecule has 3 heteroatoms. The number of benzene rings is 1. The molecule has 0 radical (unpaired) electrons. The number of carbonyl (C=O) groups is 1. The summed E-state index contributed by atoms with van der Waals surface area (Å²) in [5.41, 5.74) is 1.37. The minimum Gasteiger partial charge on any atom is -0.311 e. The molecule has 0 aromatic heterocycles. The van der Waals surface area contributed by atoms with Crippen LogP contribution in [0.4, 0.5) is 11.4 Å². The lowest BCUT2D eigenvalue weighted by Gasteiger charge is -2.33. The molecule has 3 nitrogen and oxygen atoms in total. The highest BCUT2D eigenvalue weighted by molar-refractivity contribution is 5.94. The third kappa shape index (κ3) is 4.90. The molecule has 1 rings (SSSR count). The SMILES string of the molecule is [C-]#[N+]c1cccc(N(C(=O)CC(C)(C)C)C(CC)CC)c1. The maximum Gasteiger partial charge on any atom is 0.227 e. The lowest BCUT2D eigenvalue weighted by molar-refractivity contribution is -0.120. The molecule has 0 spiro atoms. The molecule has 1 aromatic rings. The van der Waals surface area contributed by atoms with Crippen molar-refractivity contribution in [1.29, 1.82) is 0 Å². The van der Waals surface area contributed by atoms with Crippen molar-refractivity contribution in [2.45, 2.75) is 59.9 Å². The molecular formula is C18H26N2O. The molecule has 0 saturated heterocycles. The largest absolute Gasteiger partial charge is 0.311 e. The van der Waals surface area contributed by atoms with E-state index in [2.05, 4.69) is 39.5 Å². The van der Waals surface area contributed by atoms with Crippen LogP contribution in [0, 0.1) is 12.0 Å². The van der Waals surface area contributed by atoms with Crippen LogP contribution in [-0.4, -0.2) is 11.9 Å². The Morgan fingerprint density at radius 1 is 1.29 bits per heavy atom. The summed E-state index contributed by atoms with van der Waals surface area (Å²) in [4.78, 5) is 18.1. The molecule has 0 unspecified atom stereocenters. The van der Waals surface area contributed by atoms with Gasteiger partial charge in [-0.25, -0.2) is 4.85 Å². The summed E-state index contributed by atoms with van der Waals surface area (Å²) in [7, 11) is 0. The van der Waals surface area contributed by atoms with Gasteiger partial charge in [-0.05, 0) is 30.4 Å². The van der Waals surface area contributed by atoms with Gasteiger partial charge < -0.3 is 4.90 Å². The fraction of sp³-hybridized carbons (Fsp3) is 0.556. The second kappa shape index (κ2) is 7.26. The molecule has 1 aromatic carbocycles. The first-order chi connectivity index (χ1) is 9.82. The molecular weight excluding hydrogens is 260 g/mol. The van der Waals surface area contributed by atoms with Crippen molar-refractivity contribution in [2.75, 3.05) is 4.90 Å². The summed E-state index contributed by atoms with van der Waals surface area (Å²) >= 11 is 0. The van der Waals surface area contributed by atoms with Crippen molar-refractivity contribution < 1.29 is 4.79 Å². The maximum absolute atomic E-state index is 12.8. The van der Waals surface area contributed by atoms with Gasteiger partial charge in [0, 0.05) is 18.2 Å². The van der Waals surface area contributed by atoms with Gasteiger partial charge in [0.2, 0.25) is 5.91 Å². The molecule has 0 heterocycles. The molecule has 0 aliphatic carbocycles. The molecule has 0 aliphatic heterocycles. The lowest BCUT2D eigenvalue weighted by atomic mass is 9.91. The van der Waals surface area contributed by atoms with Crippen LogP contribution in [0.5, 0.6) is 0 Å². The standard InChI is InChI=1S/C18H26N2O/c1-7-15(8-2)20(17(21)13-18(3,4)5)16-11-9-10-14(12-16)19-6/h9-12,15H,7-8,13H2,1-5H3. The third-order valence-corrected chi connectivity index (χ3v) is 3.49. The summed E-state index contributed by atoms with van der Waals surface area (Å²) in [6.07, 6.45) is 2.33. The number of hydrogen-bond acceptors (Lipinski definition) is 1. The van der Waals surface area contributed by atoms with Crippen molar-refractivity contribution in [3.8, 4) is 0 Å². The molecule has 114 valence electrons. The zero-order valence-corrected chi connectivity index (χ0v) is 13.8. The Bertz CT molecular complexity index is 519. The van der Waals surface area contributed by atoms with E-state index in [9.17, 15) is 4.79 Å². The minimum atomic E-state index is -0.0429. The predicted molar refractivity (Wildman–Crippen MR) is 88.6 cm³/mol. The van der Waals surface area contributed by atoms with Crippen LogP contribution >= 0.6 is 0 Å². The number of hydrogen-bond donors (Lipinski definition) is 0. The van der Waals surface area contributed by atoms with Crippen LogP contribution in [0.1, 0.15) is 53.9 Å². The van der Waals surface area contributed by atoms with Crippen LogP contribution < -0.4 is 4.90 Å². The second-order valence-electron chi connectivity index (χ2n) is 6.60. The van der Waals surface area contributed by atoms with Gasteiger partial charge in [-0.15, -0.1) is 0 Å². The van der Waals surface area contributed by atoms with Crippen LogP contribution in [0.25, 0.3) is 4.85 Å². The number of carbonyl (C=O) groups excluding carboxylic acids is 1. The van der Waals surface area contributed by atoms with Gasteiger partial charge in [-0.1, -0.05) is 46.8 Å². The van der Waals surface area contributed by atoms with Gasteiger partial charge in [0.15, 0.2) is 5.69 Å². The highest BCUT2D eigenvalue weighted by atomic mass is 16.2. The number of rotatable bonds is 5. The molecule has 0 N–H and O–H groups in total. The van der Waals surface area contributed by atoms with Gasteiger partial charge in [-0.2, -0.15) is 0 Å². The predicted octanol–water partition coefficient (Wildman–Crippen LogP) is 5.20. The van der Waals surface area contributed by atoms with E-state index in [1.54, 1.807) is 6.07 Å². The van der Waals surface area contributed by atoms with E-state index >= 15 is 0 Å². The molecule has 0 fully saturated rings. The summed E-state index contributed by atoms with van der Waals surface area (Å²) in [5.74, 6) is 0.137. The fourth-order valence-corrected chi connectivity index (χ4v) is 2.46. The fourth-order valence-electron chi connectivity index (χ4n) is 2.46. The zero-order valence-electron chi connectivity index (χ0n) is 13.8. The summed E-state index contributed by atoms with van der Waals surface area (Å²) in [6.45, 7) is 17.6. The van der Waals surface area contributed by atoms with Crippen molar-refractivity contribution >= 4 is 17.3 Å². The Hall–Kier alpha value is -1.82. The number of anilines is 1. The Kier molecular flexibility index (Phi) is 5.96. The van der Waals surface area contributed by atoms with E-state index in [1.165, 1.54) is 0 Å². The van der Waals surface area contributed by atoms with Gasteiger partial charge >= 0.3 is 0 Å². The van der Waals surface area contributed by atoms with E-state index in [-0.39, 0.29) is 17.4 Å². The van der Waals surface area contributed by atoms with Gasteiger partial charge in [0.1, 0.15) is 0 Å². The number of nitrogens with zero attached hydrogens (tertiary/aromatic N) is 2. The molecule has 1 amide bonds. The van der Waals surface area contributed by atoms with Crippen molar-refractivity contribution in [1.82, 2.24) is 0 Å². The van der Waals surface area contributed by atoms with Gasteiger partial charge in [0.25, 0.3) is 0 Å². The molecule has 0 atom stereocenters. The van der Waals surface area contributed by atoms with Crippen LogP contribution in [0.2, 0.25) is 0 Å². The molecule has 21 heavy (non-hydrogen) atoms. The third-order valence-electron chi connectivity index (χ3n) is 3.49. The Morgan fingerprint density at radius 3 is 2.38 bits per heavy atom. The van der Waals surface area contributed by atoms with E-state index < -0.39 is 0 Å². The smallest absolute Gasteiger partial charge is 0.227 e. The summed E-state index contributed by atoms with van der Waals surface area (Å²) < 4.78 is 0. The zero-order chi connectivity index (χ0) is 16.0. The average molecular weight is 286 g/mol. The van der Waals surface area contributed by atoms with Crippen molar-refractivity contribution in [3.05, 3.63) is 35.7 Å². The summed E-state index contributed by atoms with van der Waals surface area (Å²) in [5, 5.41) is 0. The topological polar surface area (TPSA) is 24.7 Å². The first-order valence-corrected chi connectivity index (χ1v) is 7.62. The average Bonchev–Trinajstić information content (AvgIpc) is 2.42.